The molecule has 2 heterocycles. The molecule has 2 rings (SSSR count). The highest BCUT2D eigenvalue weighted by molar-refractivity contribution is 5.64. The van der Waals surface area contributed by atoms with Gasteiger partial charge in [0, 0.05) is 25.4 Å². The molecule has 0 unspecified atom stereocenters. The van der Waals surface area contributed by atoms with Crippen LogP contribution in [-0.2, 0) is 6.54 Å². The lowest BCUT2D eigenvalue weighted by molar-refractivity contribution is 0.665. The third-order valence-corrected chi connectivity index (χ3v) is 2.58. The maximum Gasteiger partial charge on any atom is 0.132 e. The van der Waals surface area contributed by atoms with Crippen molar-refractivity contribution < 1.29 is 0 Å². The van der Waals surface area contributed by atoms with E-state index in [1.165, 1.54) is 0 Å². The summed E-state index contributed by atoms with van der Waals surface area (Å²) < 4.78 is 1.93. The lowest BCUT2D eigenvalue weighted by Gasteiger charge is -2.09. The van der Waals surface area contributed by atoms with Gasteiger partial charge in [0.15, 0.2) is 0 Å². The second-order valence-corrected chi connectivity index (χ2v) is 3.48. The first-order chi connectivity index (χ1) is 7.77. The Kier molecular flexibility index (Phi) is 2.85. The maximum atomic E-state index is 4.33. The van der Waals surface area contributed by atoms with E-state index in [0.29, 0.717) is 0 Å². The molecule has 0 spiro atoms. The fraction of sp³-hybridized carbons (Fsp3) is 0.364. The topological polar surface area (TPSA) is 55.6 Å². The van der Waals surface area contributed by atoms with Crippen molar-refractivity contribution in [1.82, 2.24) is 19.7 Å². The number of aryl methyl sites for hydroxylation is 1. The third-order valence-electron chi connectivity index (χ3n) is 2.58. The molecule has 0 atom stereocenters. The molecule has 84 valence electrons. The average Bonchev–Trinajstić information content (AvgIpc) is 2.77. The second kappa shape index (κ2) is 4.30. The zero-order valence-corrected chi connectivity index (χ0v) is 9.73. The van der Waals surface area contributed by atoms with Crippen molar-refractivity contribution in [3.8, 4) is 11.4 Å². The molecule has 2 aromatic heterocycles. The first-order valence-electron chi connectivity index (χ1n) is 5.29. The molecule has 0 fully saturated rings. The van der Waals surface area contributed by atoms with Crippen LogP contribution in [0.2, 0.25) is 0 Å². The third kappa shape index (κ3) is 1.64. The standard InChI is InChI=1S/C11H15N5/c1-4-16-9(5-6-15-16)10-8(2)11(12-3)14-7-13-10/h5-7H,4H2,1-3H3,(H,12,13,14). The molecule has 0 aliphatic carbocycles. The molecule has 0 aliphatic rings. The van der Waals surface area contributed by atoms with Crippen LogP contribution in [-0.4, -0.2) is 26.8 Å². The van der Waals surface area contributed by atoms with Crippen molar-refractivity contribution in [3.63, 3.8) is 0 Å². The zero-order valence-electron chi connectivity index (χ0n) is 9.73. The highest BCUT2D eigenvalue weighted by Gasteiger charge is 2.11. The first kappa shape index (κ1) is 10.6. The molecule has 0 bridgehead atoms. The number of nitrogens with zero attached hydrogens (tertiary/aromatic N) is 4. The summed E-state index contributed by atoms with van der Waals surface area (Å²) in [6.45, 7) is 4.90. The highest BCUT2D eigenvalue weighted by Crippen LogP contribution is 2.23. The van der Waals surface area contributed by atoms with Crippen LogP contribution in [0.1, 0.15) is 12.5 Å². The van der Waals surface area contributed by atoms with E-state index in [2.05, 4.69) is 27.3 Å². The van der Waals surface area contributed by atoms with Gasteiger partial charge in [-0.05, 0) is 19.9 Å². The number of aromatic nitrogens is 4. The van der Waals surface area contributed by atoms with Gasteiger partial charge in [-0.1, -0.05) is 0 Å². The molecule has 1 N–H and O–H groups in total. The molecule has 5 heteroatoms. The average molecular weight is 217 g/mol. The van der Waals surface area contributed by atoms with E-state index in [0.717, 1.165) is 29.3 Å². The van der Waals surface area contributed by atoms with Gasteiger partial charge in [-0.25, -0.2) is 9.97 Å². The van der Waals surface area contributed by atoms with Crippen molar-refractivity contribution in [2.45, 2.75) is 20.4 Å². The van der Waals surface area contributed by atoms with Crippen LogP contribution in [0.5, 0.6) is 0 Å². The minimum Gasteiger partial charge on any atom is -0.373 e. The zero-order chi connectivity index (χ0) is 11.5. The Morgan fingerprint density at radius 1 is 1.38 bits per heavy atom. The normalized spacial score (nSPS) is 10.4. The molecular weight excluding hydrogens is 202 g/mol. The van der Waals surface area contributed by atoms with Gasteiger partial charge in [0.1, 0.15) is 12.1 Å². The predicted octanol–water partition coefficient (Wildman–Crippen LogP) is 1.71. The van der Waals surface area contributed by atoms with Crippen LogP contribution >= 0.6 is 0 Å². The van der Waals surface area contributed by atoms with Crippen LogP contribution in [0, 0.1) is 6.92 Å². The Morgan fingerprint density at radius 3 is 2.88 bits per heavy atom. The van der Waals surface area contributed by atoms with E-state index in [9.17, 15) is 0 Å². The van der Waals surface area contributed by atoms with E-state index in [1.54, 1.807) is 12.5 Å². The summed E-state index contributed by atoms with van der Waals surface area (Å²) in [5, 5.41) is 7.30. The molecule has 0 aromatic carbocycles. The van der Waals surface area contributed by atoms with Crippen molar-refractivity contribution >= 4 is 5.82 Å². The smallest absolute Gasteiger partial charge is 0.132 e. The van der Waals surface area contributed by atoms with Crippen molar-refractivity contribution in [1.29, 1.82) is 0 Å². The summed E-state index contributed by atoms with van der Waals surface area (Å²) in [7, 11) is 1.86. The summed E-state index contributed by atoms with van der Waals surface area (Å²) in [5.74, 6) is 0.855. The number of anilines is 1. The largest absolute Gasteiger partial charge is 0.373 e. The molecule has 0 saturated heterocycles. The Bertz CT molecular complexity index is 489. The van der Waals surface area contributed by atoms with Gasteiger partial charge < -0.3 is 5.32 Å². The minimum atomic E-state index is 0.834. The lowest BCUT2D eigenvalue weighted by atomic mass is 10.2. The van der Waals surface area contributed by atoms with E-state index < -0.39 is 0 Å². The molecule has 0 amide bonds. The molecule has 0 saturated carbocycles. The molecule has 5 nitrogen and oxygen atoms in total. The molecule has 2 aromatic rings. The van der Waals surface area contributed by atoms with Crippen LogP contribution < -0.4 is 5.32 Å². The Labute approximate surface area is 94.5 Å². The fourth-order valence-corrected chi connectivity index (χ4v) is 1.75. The summed E-state index contributed by atoms with van der Waals surface area (Å²) >= 11 is 0. The molecule has 16 heavy (non-hydrogen) atoms. The number of nitrogens with one attached hydrogen (secondary N) is 1. The van der Waals surface area contributed by atoms with Crippen LogP contribution in [0.25, 0.3) is 11.4 Å². The lowest BCUT2D eigenvalue weighted by Crippen LogP contribution is -2.04. The van der Waals surface area contributed by atoms with Gasteiger partial charge >= 0.3 is 0 Å². The van der Waals surface area contributed by atoms with E-state index >= 15 is 0 Å². The Hall–Kier alpha value is -1.91. The van der Waals surface area contributed by atoms with Crippen molar-refractivity contribution in [2.24, 2.45) is 0 Å². The molecule has 0 radical (unpaired) electrons. The van der Waals surface area contributed by atoms with Gasteiger partial charge in [0.2, 0.25) is 0 Å². The van der Waals surface area contributed by atoms with Gasteiger partial charge in [-0.3, -0.25) is 4.68 Å². The predicted molar refractivity (Wildman–Crippen MR) is 63.2 cm³/mol. The summed E-state index contributed by atoms with van der Waals surface area (Å²) in [6, 6.07) is 1.97. The van der Waals surface area contributed by atoms with Gasteiger partial charge in [-0.15, -0.1) is 0 Å². The van der Waals surface area contributed by atoms with Gasteiger partial charge in [0.05, 0.1) is 11.4 Å². The van der Waals surface area contributed by atoms with Crippen molar-refractivity contribution in [2.75, 3.05) is 12.4 Å². The number of rotatable bonds is 3. The van der Waals surface area contributed by atoms with Crippen LogP contribution in [0.4, 0.5) is 5.82 Å². The maximum absolute atomic E-state index is 4.33. The molecular formula is C11H15N5. The number of hydrogen-bond acceptors (Lipinski definition) is 4. The SMILES string of the molecule is CCn1nccc1-c1ncnc(NC)c1C. The van der Waals surface area contributed by atoms with Crippen LogP contribution in [0.3, 0.4) is 0 Å². The summed E-state index contributed by atoms with van der Waals surface area (Å²) in [5.41, 5.74) is 3.00. The van der Waals surface area contributed by atoms with Gasteiger partial charge in [0.25, 0.3) is 0 Å². The van der Waals surface area contributed by atoms with Crippen molar-refractivity contribution in [3.05, 3.63) is 24.2 Å². The van der Waals surface area contributed by atoms with E-state index in [1.807, 2.05) is 24.7 Å². The summed E-state index contributed by atoms with van der Waals surface area (Å²) in [4.78, 5) is 8.50. The summed E-state index contributed by atoms with van der Waals surface area (Å²) in [6.07, 6.45) is 3.36. The quantitative estimate of drug-likeness (QED) is 0.850. The minimum absolute atomic E-state index is 0.834. The monoisotopic (exact) mass is 217 g/mol. The second-order valence-electron chi connectivity index (χ2n) is 3.48. The fourth-order valence-electron chi connectivity index (χ4n) is 1.75. The van der Waals surface area contributed by atoms with Crippen LogP contribution in [0.15, 0.2) is 18.6 Å². The van der Waals surface area contributed by atoms with E-state index in [-0.39, 0.29) is 0 Å². The first-order valence-corrected chi connectivity index (χ1v) is 5.29. The number of hydrogen-bond donors (Lipinski definition) is 1. The Morgan fingerprint density at radius 2 is 2.19 bits per heavy atom. The molecule has 0 aliphatic heterocycles. The van der Waals surface area contributed by atoms with E-state index in [4.69, 9.17) is 0 Å². The Balaban J connectivity index is 2.56. The van der Waals surface area contributed by atoms with Gasteiger partial charge in [-0.2, -0.15) is 5.10 Å². The highest BCUT2D eigenvalue weighted by atomic mass is 15.3.